The van der Waals surface area contributed by atoms with E-state index >= 15 is 0 Å². The molecule has 0 atom stereocenters. The maximum atomic E-state index is 5.47. The minimum atomic E-state index is 0. The number of halogens is 1. The van der Waals surface area contributed by atoms with Gasteiger partial charge in [-0.2, -0.15) is 0 Å². The first-order valence-electron chi connectivity index (χ1n) is 9.73. The fourth-order valence-electron chi connectivity index (χ4n) is 3.28. The smallest absolute Gasteiger partial charge is 0.191 e. The Bertz CT molecular complexity index is 566. The molecule has 0 aliphatic carbocycles. The number of ether oxygens (including phenoxy) is 1. The highest BCUT2D eigenvalue weighted by Gasteiger charge is 2.28. The average molecular weight is 493 g/mol. The summed E-state index contributed by atoms with van der Waals surface area (Å²) < 4.78 is 10.9. The second-order valence-electron chi connectivity index (χ2n) is 7.42. The van der Waals surface area contributed by atoms with Gasteiger partial charge >= 0.3 is 0 Å². The molecule has 0 spiro atoms. The summed E-state index contributed by atoms with van der Waals surface area (Å²) in [5.41, 5.74) is 1.08. The molecule has 1 aromatic heterocycles. The fraction of sp³-hybridized carbons (Fsp3) is 0.789. The lowest BCUT2D eigenvalue weighted by molar-refractivity contribution is -0.00834. The van der Waals surface area contributed by atoms with E-state index in [1.807, 2.05) is 0 Å². The molecule has 0 unspecified atom stereocenters. The number of aliphatic imine (C=N–C) groups is 1. The van der Waals surface area contributed by atoms with Gasteiger partial charge in [-0.25, -0.2) is 0 Å². The highest BCUT2D eigenvalue weighted by atomic mass is 127. The van der Waals surface area contributed by atoms with E-state index in [-0.39, 0.29) is 29.5 Å². The van der Waals surface area contributed by atoms with Crippen LogP contribution in [0, 0.1) is 0 Å². The highest BCUT2D eigenvalue weighted by molar-refractivity contribution is 14.0. The molecule has 1 aliphatic heterocycles. The summed E-state index contributed by atoms with van der Waals surface area (Å²) in [5.74, 6) is 2.08. The van der Waals surface area contributed by atoms with Crippen LogP contribution < -0.4 is 10.6 Å². The second-order valence-corrected chi connectivity index (χ2v) is 7.42. The van der Waals surface area contributed by atoms with Gasteiger partial charge in [0.05, 0.1) is 25.5 Å². The summed E-state index contributed by atoms with van der Waals surface area (Å²) in [4.78, 5) is 6.77. The zero-order chi connectivity index (χ0) is 19.0. The minimum Gasteiger partial charge on any atom is -0.379 e. The van der Waals surface area contributed by atoms with Crippen LogP contribution in [0.3, 0.4) is 0 Å². The third-order valence-electron chi connectivity index (χ3n) is 5.19. The number of hydrogen-bond donors (Lipinski definition) is 2. The lowest BCUT2D eigenvalue weighted by Crippen LogP contribution is -2.56. The molecule has 0 saturated carbocycles. The van der Waals surface area contributed by atoms with Gasteiger partial charge in [-0.15, -0.1) is 24.0 Å². The van der Waals surface area contributed by atoms with E-state index in [2.05, 4.69) is 59.4 Å². The van der Waals surface area contributed by atoms with E-state index in [0.29, 0.717) is 12.5 Å². The zero-order valence-corrected chi connectivity index (χ0v) is 19.7. The average Bonchev–Trinajstić information content (AvgIpc) is 3.12. The number of guanidine groups is 1. The Morgan fingerprint density at radius 2 is 1.93 bits per heavy atom. The van der Waals surface area contributed by atoms with Crippen molar-refractivity contribution >= 4 is 29.9 Å². The summed E-state index contributed by atoms with van der Waals surface area (Å²) in [6.07, 6.45) is 2.16. The summed E-state index contributed by atoms with van der Waals surface area (Å²) in [6, 6.07) is 2.05. The number of morpholine rings is 1. The molecule has 0 aromatic carbocycles. The van der Waals surface area contributed by atoms with E-state index in [9.17, 15) is 0 Å². The van der Waals surface area contributed by atoms with E-state index in [1.165, 1.54) is 0 Å². The Kier molecular flexibility index (Phi) is 10.6. The molecule has 2 heterocycles. The highest BCUT2D eigenvalue weighted by Crippen LogP contribution is 2.22. The van der Waals surface area contributed by atoms with Gasteiger partial charge in [0.2, 0.25) is 0 Å². The summed E-state index contributed by atoms with van der Waals surface area (Å²) in [7, 11) is 1.78. The van der Waals surface area contributed by atoms with E-state index in [4.69, 9.17) is 9.26 Å². The van der Waals surface area contributed by atoms with Crippen LogP contribution in [0.15, 0.2) is 15.6 Å². The zero-order valence-electron chi connectivity index (χ0n) is 17.4. The Hall–Kier alpha value is -0.870. The molecule has 0 radical (unpaired) electrons. The summed E-state index contributed by atoms with van der Waals surface area (Å²) in [6.45, 7) is 13.8. The number of hydrogen-bond acceptors (Lipinski definition) is 5. The van der Waals surface area contributed by atoms with Crippen LogP contribution >= 0.6 is 24.0 Å². The van der Waals surface area contributed by atoms with Crippen LogP contribution in [0.5, 0.6) is 0 Å². The van der Waals surface area contributed by atoms with Crippen molar-refractivity contribution in [2.24, 2.45) is 4.99 Å². The van der Waals surface area contributed by atoms with Gasteiger partial charge in [0, 0.05) is 44.2 Å². The lowest BCUT2D eigenvalue weighted by atomic mass is 9.99. The molecule has 8 heteroatoms. The standard InChI is InChI=1S/C19H35N5O2.HI/c1-6-15(7-2)17-12-16(26-23-17)13-21-18(20-5)22-14-19(3,4)24-8-10-25-11-9-24;/h12,15H,6-11,13-14H2,1-5H3,(H2,20,21,22);1H. The maximum Gasteiger partial charge on any atom is 0.191 e. The van der Waals surface area contributed by atoms with Crippen molar-refractivity contribution in [3.8, 4) is 0 Å². The summed E-state index contributed by atoms with van der Waals surface area (Å²) >= 11 is 0. The molecule has 1 aliphatic rings. The topological polar surface area (TPSA) is 74.9 Å². The molecule has 1 saturated heterocycles. The summed E-state index contributed by atoms with van der Waals surface area (Å²) in [5, 5.41) is 10.9. The second kappa shape index (κ2) is 11.9. The van der Waals surface area contributed by atoms with Crippen LogP contribution in [0.1, 0.15) is 57.9 Å². The predicted octanol–water partition coefficient (Wildman–Crippen LogP) is 2.97. The molecular weight excluding hydrogens is 457 g/mol. The number of rotatable bonds is 8. The monoisotopic (exact) mass is 493 g/mol. The number of nitrogens with one attached hydrogen (secondary N) is 2. The number of aromatic nitrogens is 1. The third-order valence-corrected chi connectivity index (χ3v) is 5.19. The van der Waals surface area contributed by atoms with Crippen LogP contribution in [0.25, 0.3) is 0 Å². The third kappa shape index (κ3) is 7.23. The Balaban J connectivity index is 0.00000364. The van der Waals surface area contributed by atoms with Crippen molar-refractivity contribution in [1.82, 2.24) is 20.7 Å². The van der Waals surface area contributed by atoms with Gasteiger partial charge in [-0.05, 0) is 26.7 Å². The van der Waals surface area contributed by atoms with Crippen LogP contribution in [-0.2, 0) is 11.3 Å². The molecule has 27 heavy (non-hydrogen) atoms. The molecule has 0 amide bonds. The first kappa shape index (κ1) is 24.2. The van der Waals surface area contributed by atoms with Crippen molar-refractivity contribution in [2.45, 2.75) is 58.5 Å². The van der Waals surface area contributed by atoms with Crippen molar-refractivity contribution in [1.29, 1.82) is 0 Å². The van der Waals surface area contributed by atoms with Gasteiger partial charge in [-0.1, -0.05) is 19.0 Å². The van der Waals surface area contributed by atoms with E-state index < -0.39 is 0 Å². The number of nitrogens with zero attached hydrogens (tertiary/aromatic N) is 3. The van der Waals surface area contributed by atoms with E-state index in [0.717, 1.165) is 63.1 Å². The van der Waals surface area contributed by atoms with Crippen molar-refractivity contribution < 1.29 is 9.26 Å². The van der Waals surface area contributed by atoms with Gasteiger partial charge in [0.25, 0.3) is 0 Å². The Morgan fingerprint density at radius 3 is 2.52 bits per heavy atom. The Morgan fingerprint density at radius 1 is 1.26 bits per heavy atom. The first-order valence-corrected chi connectivity index (χ1v) is 9.73. The lowest BCUT2D eigenvalue weighted by Gasteiger charge is -2.41. The molecule has 1 aromatic rings. The van der Waals surface area contributed by atoms with Crippen LogP contribution in [0.4, 0.5) is 0 Å². The molecular formula is C19H36IN5O2. The van der Waals surface area contributed by atoms with Gasteiger partial charge in [0.1, 0.15) is 0 Å². The molecule has 0 bridgehead atoms. The molecule has 7 nitrogen and oxygen atoms in total. The van der Waals surface area contributed by atoms with Crippen LogP contribution in [-0.4, -0.2) is 61.5 Å². The molecule has 2 rings (SSSR count). The van der Waals surface area contributed by atoms with E-state index in [1.54, 1.807) is 7.05 Å². The minimum absolute atomic E-state index is 0. The predicted molar refractivity (Wildman–Crippen MR) is 120 cm³/mol. The fourth-order valence-corrected chi connectivity index (χ4v) is 3.28. The normalized spacial score (nSPS) is 16.3. The van der Waals surface area contributed by atoms with Crippen LogP contribution in [0.2, 0.25) is 0 Å². The van der Waals surface area contributed by atoms with Gasteiger partial charge in [-0.3, -0.25) is 9.89 Å². The van der Waals surface area contributed by atoms with Crippen molar-refractivity contribution in [3.63, 3.8) is 0 Å². The van der Waals surface area contributed by atoms with Gasteiger partial charge < -0.3 is 19.9 Å². The largest absolute Gasteiger partial charge is 0.379 e. The van der Waals surface area contributed by atoms with Crippen molar-refractivity contribution in [3.05, 3.63) is 17.5 Å². The SMILES string of the molecule is CCC(CC)c1cc(CNC(=NC)NCC(C)(C)N2CCOCC2)on1.I. The molecule has 2 N–H and O–H groups in total. The maximum absolute atomic E-state index is 5.47. The quantitative estimate of drug-likeness (QED) is 0.330. The Labute approximate surface area is 180 Å². The van der Waals surface area contributed by atoms with Crippen molar-refractivity contribution in [2.75, 3.05) is 39.9 Å². The first-order chi connectivity index (χ1) is 12.5. The molecule has 156 valence electrons. The van der Waals surface area contributed by atoms with Gasteiger partial charge in [0.15, 0.2) is 11.7 Å². The molecule has 1 fully saturated rings.